The summed E-state index contributed by atoms with van der Waals surface area (Å²) in [5.41, 5.74) is -0.134. The van der Waals surface area contributed by atoms with E-state index < -0.39 is 17.5 Å². The third kappa shape index (κ3) is 5.01. The SMILES string of the molecule is C#Cc1c(F)ccc2cccc(-c3c(F)c(Cl)c4c(N5CC6CCC(C5)N6)nc(CCC56CCCN5CCC6)nc4c3F)c12.CF. The molecule has 4 fully saturated rings. The Balaban J connectivity index is 0.00000166. The fraction of sp³-hybridized carbons (Fsp3) is 0.444. The molecule has 8 rings (SSSR count). The molecule has 240 valence electrons. The van der Waals surface area contributed by atoms with Gasteiger partial charge in [-0.1, -0.05) is 41.8 Å². The number of fused-ring (bicyclic) bond motifs is 5. The number of nitrogens with one attached hydrogen (secondary N) is 1. The van der Waals surface area contributed by atoms with Crippen LogP contribution < -0.4 is 10.2 Å². The summed E-state index contributed by atoms with van der Waals surface area (Å²) in [6.45, 7) is 3.58. The minimum Gasteiger partial charge on any atom is -0.353 e. The molecular weight excluding hydrogens is 614 g/mol. The maximum Gasteiger partial charge on any atom is 0.160 e. The van der Waals surface area contributed by atoms with E-state index in [-0.39, 0.29) is 55.6 Å². The number of terminal acetylenes is 1. The first-order chi connectivity index (χ1) is 22.4. The number of nitrogens with zero attached hydrogens (tertiary/aromatic N) is 4. The molecule has 1 aromatic heterocycles. The van der Waals surface area contributed by atoms with E-state index in [9.17, 15) is 8.78 Å². The number of benzene rings is 3. The standard InChI is InChI=1S/C35H33ClF3N5.CH3F/c1-2-23-25(37)11-8-20-6-3-7-24(27(20)23)28-31(38)30(36)29-33(32(28)39)41-26(12-15-35-13-4-16-44(35)17-5-14-35)42-34(29)43-18-21-9-10-22(19-43)40-21;1-2/h1,3,6-8,11,21-22,40H,4-5,9-10,12-19H2;1H3. The number of halogens is 5. The van der Waals surface area contributed by atoms with Crippen molar-refractivity contribution < 1.29 is 17.6 Å². The second-order valence-electron chi connectivity index (χ2n) is 12.9. The molecule has 0 spiro atoms. The lowest BCUT2D eigenvalue weighted by Crippen LogP contribution is -2.51. The molecule has 4 aliphatic rings. The highest BCUT2D eigenvalue weighted by atomic mass is 35.5. The van der Waals surface area contributed by atoms with Gasteiger partial charge in [-0.2, -0.15) is 0 Å². The number of hydrogen-bond acceptors (Lipinski definition) is 5. The number of aromatic nitrogens is 2. The lowest BCUT2D eigenvalue weighted by atomic mass is 9.88. The summed E-state index contributed by atoms with van der Waals surface area (Å²) in [7, 11) is 0.500. The van der Waals surface area contributed by atoms with E-state index in [1.165, 1.54) is 18.9 Å². The predicted octanol–water partition coefficient (Wildman–Crippen LogP) is 7.59. The molecule has 4 saturated heterocycles. The third-order valence-corrected chi connectivity index (χ3v) is 10.9. The number of aryl methyl sites for hydroxylation is 1. The maximum atomic E-state index is 16.9. The summed E-state index contributed by atoms with van der Waals surface area (Å²) in [6, 6.07) is 8.36. The predicted molar refractivity (Wildman–Crippen MR) is 176 cm³/mol. The van der Waals surface area contributed by atoms with Gasteiger partial charge in [0.1, 0.15) is 23.0 Å². The van der Waals surface area contributed by atoms with Crippen LogP contribution in [0.2, 0.25) is 5.02 Å². The highest BCUT2D eigenvalue weighted by Crippen LogP contribution is 2.45. The molecule has 10 heteroatoms. The first kappa shape index (κ1) is 31.2. The summed E-state index contributed by atoms with van der Waals surface area (Å²) < 4.78 is 57.7. The van der Waals surface area contributed by atoms with Crippen LogP contribution in [0.5, 0.6) is 0 Å². The number of piperazine rings is 1. The number of hydrogen-bond donors (Lipinski definition) is 1. The summed E-state index contributed by atoms with van der Waals surface area (Å²) in [5, 5.41) is 4.40. The maximum absolute atomic E-state index is 16.9. The monoisotopic (exact) mass is 649 g/mol. The molecule has 46 heavy (non-hydrogen) atoms. The minimum absolute atomic E-state index is 0.0138. The van der Waals surface area contributed by atoms with Crippen molar-refractivity contribution in [2.75, 3.05) is 38.3 Å². The van der Waals surface area contributed by atoms with Crippen molar-refractivity contribution >= 4 is 39.1 Å². The summed E-state index contributed by atoms with van der Waals surface area (Å²) >= 11 is 6.84. The molecule has 5 nitrogen and oxygen atoms in total. The highest BCUT2D eigenvalue weighted by molar-refractivity contribution is 6.37. The van der Waals surface area contributed by atoms with Crippen molar-refractivity contribution in [3.05, 3.63) is 64.2 Å². The topological polar surface area (TPSA) is 44.3 Å². The smallest absolute Gasteiger partial charge is 0.160 e. The first-order valence-electron chi connectivity index (χ1n) is 16.1. The van der Waals surface area contributed by atoms with Crippen LogP contribution in [0.4, 0.5) is 23.4 Å². The van der Waals surface area contributed by atoms with E-state index in [4.69, 9.17) is 28.0 Å². The molecule has 4 aromatic rings. The molecular formula is C36H36ClF4N5. The van der Waals surface area contributed by atoms with Gasteiger partial charge in [0.2, 0.25) is 0 Å². The van der Waals surface area contributed by atoms with Gasteiger partial charge in [-0.3, -0.25) is 9.29 Å². The van der Waals surface area contributed by atoms with Crippen LogP contribution in [0.3, 0.4) is 0 Å². The quantitative estimate of drug-likeness (QED) is 0.137. The fourth-order valence-corrected chi connectivity index (χ4v) is 8.79. The normalized spacial score (nSPS) is 21.8. The van der Waals surface area contributed by atoms with Gasteiger partial charge in [0.25, 0.3) is 0 Å². The Morgan fingerprint density at radius 3 is 2.39 bits per heavy atom. The van der Waals surface area contributed by atoms with Gasteiger partial charge in [0, 0.05) is 42.5 Å². The lowest BCUT2D eigenvalue weighted by Gasteiger charge is -2.35. The average Bonchev–Trinajstić information content (AvgIpc) is 3.77. The molecule has 2 unspecified atom stereocenters. The van der Waals surface area contributed by atoms with Gasteiger partial charge < -0.3 is 10.2 Å². The molecule has 2 atom stereocenters. The first-order valence-corrected chi connectivity index (χ1v) is 16.4. The van der Waals surface area contributed by atoms with E-state index >= 15 is 8.78 Å². The van der Waals surface area contributed by atoms with E-state index in [1.807, 2.05) is 0 Å². The second kappa shape index (κ2) is 12.3. The molecule has 5 heterocycles. The van der Waals surface area contributed by atoms with Crippen molar-refractivity contribution in [1.82, 2.24) is 20.2 Å². The molecule has 0 aliphatic carbocycles. The van der Waals surface area contributed by atoms with Crippen LogP contribution in [0.15, 0.2) is 30.3 Å². The molecule has 0 saturated carbocycles. The number of alkyl halides is 1. The van der Waals surface area contributed by atoms with Crippen molar-refractivity contribution in [3.8, 4) is 23.5 Å². The zero-order valence-corrected chi connectivity index (χ0v) is 26.5. The Bertz CT molecular complexity index is 1850. The Morgan fingerprint density at radius 2 is 1.70 bits per heavy atom. The fourth-order valence-electron chi connectivity index (χ4n) is 8.52. The second-order valence-corrected chi connectivity index (χ2v) is 13.3. The summed E-state index contributed by atoms with van der Waals surface area (Å²) in [5.74, 6) is 0.994. The van der Waals surface area contributed by atoms with Gasteiger partial charge in [-0.25, -0.2) is 23.1 Å². The molecule has 4 aliphatic heterocycles. The largest absolute Gasteiger partial charge is 0.353 e. The zero-order chi connectivity index (χ0) is 32.2. The molecule has 1 N–H and O–H groups in total. The van der Waals surface area contributed by atoms with Crippen LogP contribution in [-0.2, 0) is 6.42 Å². The van der Waals surface area contributed by atoms with Crippen molar-refractivity contribution in [2.45, 2.75) is 69.0 Å². The van der Waals surface area contributed by atoms with Crippen molar-refractivity contribution in [3.63, 3.8) is 0 Å². The Labute approximate surface area is 271 Å². The van der Waals surface area contributed by atoms with Gasteiger partial charge in [0.05, 0.1) is 28.7 Å². The molecule has 0 radical (unpaired) electrons. The average molecular weight is 650 g/mol. The Morgan fingerprint density at radius 1 is 0.978 bits per heavy atom. The molecule has 3 aromatic carbocycles. The van der Waals surface area contributed by atoms with Crippen LogP contribution in [-0.4, -0.2) is 65.8 Å². The Hall–Kier alpha value is -3.45. The van der Waals surface area contributed by atoms with Crippen LogP contribution >= 0.6 is 11.6 Å². The number of rotatable bonds is 5. The third-order valence-electron chi connectivity index (χ3n) is 10.5. The van der Waals surface area contributed by atoms with E-state index in [1.54, 1.807) is 24.3 Å². The Kier molecular flexibility index (Phi) is 8.33. The molecule has 2 bridgehead atoms. The van der Waals surface area contributed by atoms with Crippen LogP contribution in [0, 0.1) is 29.8 Å². The summed E-state index contributed by atoms with van der Waals surface area (Å²) in [6.07, 6.45) is 13.9. The lowest BCUT2D eigenvalue weighted by molar-refractivity contribution is 0.182. The zero-order valence-electron chi connectivity index (χ0n) is 25.8. The summed E-state index contributed by atoms with van der Waals surface area (Å²) in [4.78, 5) is 14.5. The van der Waals surface area contributed by atoms with Crippen LogP contribution in [0.1, 0.15) is 56.3 Å². The van der Waals surface area contributed by atoms with E-state index in [2.05, 4.69) is 21.0 Å². The van der Waals surface area contributed by atoms with E-state index in [0.29, 0.717) is 43.7 Å². The van der Waals surface area contributed by atoms with Gasteiger partial charge >= 0.3 is 0 Å². The van der Waals surface area contributed by atoms with Gasteiger partial charge in [0.15, 0.2) is 11.6 Å². The molecule has 0 amide bonds. The number of anilines is 1. The van der Waals surface area contributed by atoms with Crippen molar-refractivity contribution in [1.29, 1.82) is 0 Å². The minimum atomic E-state index is -0.932. The van der Waals surface area contributed by atoms with Gasteiger partial charge in [-0.15, -0.1) is 6.42 Å². The highest BCUT2D eigenvalue weighted by Gasteiger charge is 2.44. The van der Waals surface area contributed by atoms with Crippen LogP contribution in [0.25, 0.3) is 32.8 Å². The van der Waals surface area contributed by atoms with Crippen molar-refractivity contribution in [2.24, 2.45) is 0 Å². The van der Waals surface area contributed by atoms with E-state index in [0.717, 1.165) is 45.2 Å². The van der Waals surface area contributed by atoms with Gasteiger partial charge in [-0.05, 0) is 75.1 Å².